The van der Waals surface area contributed by atoms with Gasteiger partial charge in [0.2, 0.25) is 11.8 Å². The molecule has 0 saturated heterocycles. The van der Waals surface area contributed by atoms with E-state index in [2.05, 4.69) is 15.3 Å². The highest BCUT2D eigenvalue weighted by Gasteiger charge is 2.30. The van der Waals surface area contributed by atoms with Crippen LogP contribution in [0, 0.1) is 0 Å². The van der Waals surface area contributed by atoms with Crippen LogP contribution in [0.15, 0.2) is 79.0 Å². The van der Waals surface area contributed by atoms with Crippen LogP contribution in [0.5, 0.6) is 11.6 Å². The minimum absolute atomic E-state index is 0.0800. The normalized spacial score (nSPS) is 11.1. The summed E-state index contributed by atoms with van der Waals surface area (Å²) < 4.78 is 13.0. The molecule has 37 heavy (non-hydrogen) atoms. The van der Waals surface area contributed by atoms with Gasteiger partial charge in [0, 0.05) is 32.0 Å². The minimum atomic E-state index is -0.749. The Hall–Kier alpha value is -4.66. The Balaban J connectivity index is 1.68. The van der Waals surface area contributed by atoms with Crippen LogP contribution in [0.1, 0.15) is 41.6 Å². The third-order valence-electron chi connectivity index (χ3n) is 5.06. The van der Waals surface area contributed by atoms with E-state index in [4.69, 9.17) is 9.47 Å². The fourth-order valence-electron chi connectivity index (χ4n) is 3.50. The van der Waals surface area contributed by atoms with Crippen LogP contribution in [0.3, 0.4) is 0 Å². The average Bonchev–Trinajstić information content (AvgIpc) is 3.24. The first-order chi connectivity index (χ1) is 17.6. The number of carbonyl (C=O) groups is 2. The second-order valence-electron chi connectivity index (χ2n) is 9.43. The maximum absolute atomic E-state index is 13.4. The zero-order valence-corrected chi connectivity index (χ0v) is 21.4. The molecule has 0 aliphatic carbocycles. The van der Waals surface area contributed by atoms with E-state index in [9.17, 15) is 9.59 Å². The quantitative estimate of drug-likeness (QED) is 0.343. The maximum Gasteiger partial charge on any atom is 0.359 e. The lowest BCUT2D eigenvalue weighted by atomic mass is 10.2. The number of nitrogens with one attached hydrogen (secondary N) is 1. The molecule has 0 atom stereocenters. The number of aromatic nitrogens is 3. The molecular weight excluding hydrogens is 470 g/mol. The van der Waals surface area contributed by atoms with Crippen LogP contribution in [0.25, 0.3) is 5.69 Å². The summed E-state index contributed by atoms with van der Waals surface area (Å²) in [6.07, 6.45) is 1.40. The molecule has 0 unspecified atom stereocenters. The molecule has 0 saturated carbocycles. The molecule has 1 N–H and O–H groups in total. The van der Waals surface area contributed by atoms with Gasteiger partial charge in [-0.2, -0.15) is 4.98 Å². The van der Waals surface area contributed by atoms with Crippen molar-refractivity contribution in [3.8, 4) is 17.3 Å². The predicted molar refractivity (Wildman–Crippen MR) is 142 cm³/mol. The second kappa shape index (κ2) is 10.5. The van der Waals surface area contributed by atoms with E-state index in [0.29, 0.717) is 23.3 Å². The number of carbonyl (C=O) groups excluding carboxylic acids is 2. The standard InChI is InChI=1S/C28H29N5O4/c1-28(2,3)37-26(35)23-24(31-27(32(4)5)33(23)20-12-8-6-9-13-20)30-25(34)19-16-17-22(29-18-19)36-21-14-10-7-11-15-21/h6-18H,1-5H3,(H,30,34). The molecule has 4 aromatic rings. The van der Waals surface area contributed by atoms with Gasteiger partial charge >= 0.3 is 5.97 Å². The van der Waals surface area contributed by atoms with Crippen molar-refractivity contribution in [2.45, 2.75) is 26.4 Å². The van der Waals surface area contributed by atoms with Gasteiger partial charge in [-0.3, -0.25) is 9.36 Å². The van der Waals surface area contributed by atoms with E-state index < -0.39 is 17.5 Å². The smallest absolute Gasteiger partial charge is 0.359 e. The van der Waals surface area contributed by atoms with Gasteiger partial charge in [0.15, 0.2) is 11.5 Å². The Morgan fingerprint density at radius 1 is 0.919 bits per heavy atom. The lowest BCUT2D eigenvalue weighted by Crippen LogP contribution is -2.27. The monoisotopic (exact) mass is 499 g/mol. The summed E-state index contributed by atoms with van der Waals surface area (Å²) >= 11 is 0. The van der Waals surface area contributed by atoms with Gasteiger partial charge in [-0.15, -0.1) is 0 Å². The number of imidazole rings is 1. The zero-order chi connectivity index (χ0) is 26.6. The summed E-state index contributed by atoms with van der Waals surface area (Å²) in [6, 6.07) is 21.7. The van der Waals surface area contributed by atoms with Crippen molar-refractivity contribution in [2.24, 2.45) is 0 Å². The number of benzene rings is 2. The Morgan fingerprint density at radius 3 is 2.14 bits per heavy atom. The average molecular weight is 500 g/mol. The largest absolute Gasteiger partial charge is 0.455 e. The first-order valence-corrected chi connectivity index (χ1v) is 11.7. The molecule has 0 aliphatic heterocycles. The first-order valence-electron chi connectivity index (χ1n) is 11.7. The number of pyridine rings is 1. The van der Waals surface area contributed by atoms with Crippen LogP contribution < -0.4 is 15.0 Å². The highest BCUT2D eigenvalue weighted by atomic mass is 16.6. The zero-order valence-electron chi connectivity index (χ0n) is 21.4. The Kier molecular flexibility index (Phi) is 7.24. The molecule has 2 heterocycles. The molecule has 9 heteroatoms. The number of rotatable bonds is 7. The van der Waals surface area contributed by atoms with E-state index in [-0.39, 0.29) is 17.1 Å². The first kappa shape index (κ1) is 25.4. The molecule has 4 rings (SSSR count). The fourth-order valence-corrected chi connectivity index (χ4v) is 3.50. The van der Waals surface area contributed by atoms with E-state index in [1.54, 1.807) is 42.4 Å². The number of para-hydroxylation sites is 2. The predicted octanol–water partition coefficient (Wildman–Crippen LogP) is 5.33. The van der Waals surface area contributed by atoms with Crippen molar-refractivity contribution < 1.29 is 19.1 Å². The molecule has 2 aromatic heterocycles. The van der Waals surface area contributed by atoms with Crippen molar-refractivity contribution in [1.82, 2.24) is 14.5 Å². The number of esters is 1. The third-order valence-corrected chi connectivity index (χ3v) is 5.06. The molecule has 0 fully saturated rings. The molecule has 0 aliphatic rings. The fraction of sp³-hybridized carbons (Fsp3) is 0.214. The van der Waals surface area contributed by atoms with Crippen molar-refractivity contribution in [1.29, 1.82) is 0 Å². The summed E-state index contributed by atoms with van der Waals surface area (Å²) in [6.45, 7) is 5.35. The number of ether oxygens (including phenoxy) is 2. The number of anilines is 2. The molecule has 0 radical (unpaired) electrons. The van der Waals surface area contributed by atoms with Gasteiger partial charge in [-0.1, -0.05) is 36.4 Å². The molecule has 9 nitrogen and oxygen atoms in total. The Bertz CT molecular complexity index is 1380. The van der Waals surface area contributed by atoms with Crippen molar-refractivity contribution >= 4 is 23.6 Å². The lowest BCUT2D eigenvalue weighted by Gasteiger charge is -2.21. The van der Waals surface area contributed by atoms with E-state index >= 15 is 0 Å². The van der Waals surface area contributed by atoms with Gasteiger partial charge < -0.3 is 19.7 Å². The molecule has 190 valence electrons. The number of amides is 1. The molecule has 0 spiro atoms. The number of hydrogen-bond acceptors (Lipinski definition) is 7. The lowest BCUT2D eigenvalue weighted by molar-refractivity contribution is 0.00619. The second-order valence-corrected chi connectivity index (χ2v) is 9.43. The topological polar surface area (TPSA) is 98.6 Å². The molecular formula is C28H29N5O4. The Labute approximate surface area is 215 Å². The summed E-state index contributed by atoms with van der Waals surface area (Å²) in [7, 11) is 3.61. The number of nitrogens with zero attached hydrogens (tertiary/aromatic N) is 4. The van der Waals surface area contributed by atoms with E-state index in [1.807, 2.05) is 74.8 Å². The minimum Gasteiger partial charge on any atom is -0.455 e. The van der Waals surface area contributed by atoms with Gasteiger partial charge in [0.05, 0.1) is 5.56 Å². The van der Waals surface area contributed by atoms with Crippen LogP contribution in [-0.2, 0) is 4.74 Å². The molecule has 1 amide bonds. The van der Waals surface area contributed by atoms with Gasteiger partial charge in [0.1, 0.15) is 11.4 Å². The van der Waals surface area contributed by atoms with E-state index in [1.165, 1.54) is 6.20 Å². The summed E-state index contributed by atoms with van der Waals surface area (Å²) in [5.41, 5.74) is 0.330. The third kappa shape index (κ3) is 6.13. The van der Waals surface area contributed by atoms with Gasteiger partial charge in [-0.05, 0) is 51.1 Å². The van der Waals surface area contributed by atoms with Crippen LogP contribution in [0.4, 0.5) is 11.8 Å². The van der Waals surface area contributed by atoms with Crippen LogP contribution in [0.2, 0.25) is 0 Å². The van der Waals surface area contributed by atoms with Gasteiger partial charge in [-0.25, -0.2) is 9.78 Å². The van der Waals surface area contributed by atoms with Crippen molar-refractivity contribution in [2.75, 3.05) is 24.3 Å². The number of hydrogen-bond donors (Lipinski definition) is 1. The Morgan fingerprint density at radius 2 is 1.57 bits per heavy atom. The highest BCUT2D eigenvalue weighted by molar-refractivity contribution is 6.07. The van der Waals surface area contributed by atoms with Crippen LogP contribution in [-0.4, -0.2) is 46.1 Å². The maximum atomic E-state index is 13.4. The molecule has 2 aromatic carbocycles. The summed E-state index contributed by atoms with van der Waals surface area (Å²) in [5.74, 6) is 0.421. The summed E-state index contributed by atoms with van der Waals surface area (Å²) in [5, 5.41) is 2.77. The highest BCUT2D eigenvalue weighted by Crippen LogP contribution is 2.30. The SMILES string of the molecule is CN(C)c1nc(NC(=O)c2ccc(Oc3ccccc3)nc2)c(C(=O)OC(C)(C)C)n1-c1ccccc1. The molecule has 0 bridgehead atoms. The summed E-state index contributed by atoms with van der Waals surface area (Å²) in [4.78, 5) is 37.1. The van der Waals surface area contributed by atoms with Crippen molar-refractivity contribution in [3.63, 3.8) is 0 Å². The van der Waals surface area contributed by atoms with Crippen molar-refractivity contribution in [3.05, 3.63) is 90.3 Å². The van der Waals surface area contributed by atoms with Gasteiger partial charge in [0.25, 0.3) is 5.91 Å². The van der Waals surface area contributed by atoms with E-state index in [0.717, 1.165) is 0 Å². The van der Waals surface area contributed by atoms with Crippen LogP contribution >= 0.6 is 0 Å².